The molecule has 0 unspecified atom stereocenters. The van der Waals surface area contributed by atoms with E-state index in [0.717, 1.165) is 26.1 Å². The molecule has 0 aromatic heterocycles. The summed E-state index contributed by atoms with van der Waals surface area (Å²) in [6.45, 7) is 8.00. The predicted octanol–water partition coefficient (Wildman–Crippen LogP) is 8.66. The van der Waals surface area contributed by atoms with E-state index in [9.17, 15) is 0 Å². The van der Waals surface area contributed by atoms with E-state index in [4.69, 9.17) is 4.74 Å². The number of unbranched alkanes of at least 4 members (excludes halogenated alkanes) is 18. The van der Waals surface area contributed by atoms with Gasteiger partial charge >= 0.3 is 0 Å². The first kappa shape index (κ1) is 25.0. The molecule has 0 aliphatic heterocycles. The van der Waals surface area contributed by atoms with Gasteiger partial charge in [-0.2, -0.15) is 0 Å². The lowest BCUT2D eigenvalue weighted by atomic mass is 10.0. The zero-order chi connectivity index (χ0) is 18.3. The smallest absolute Gasteiger partial charge is 0.0466 e. The van der Waals surface area contributed by atoms with Crippen LogP contribution in [0, 0.1) is 6.92 Å². The Bertz CT molecular complexity index is 192. The molecule has 1 nitrogen and oxygen atoms in total. The van der Waals surface area contributed by atoms with Crippen molar-refractivity contribution in [2.75, 3.05) is 13.2 Å². The first-order chi connectivity index (χ1) is 12.4. The Kier molecular flexibility index (Phi) is 23.9. The van der Waals surface area contributed by atoms with Crippen LogP contribution in [0.3, 0.4) is 0 Å². The average molecular weight is 354 g/mol. The molecule has 0 amide bonds. The van der Waals surface area contributed by atoms with Gasteiger partial charge in [0.15, 0.2) is 0 Å². The third kappa shape index (κ3) is 24.0. The maximum atomic E-state index is 5.51. The molecule has 0 aromatic carbocycles. The van der Waals surface area contributed by atoms with Crippen molar-refractivity contribution >= 4 is 0 Å². The monoisotopic (exact) mass is 353 g/mol. The maximum absolute atomic E-state index is 5.51. The molecule has 0 aliphatic carbocycles. The van der Waals surface area contributed by atoms with Crippen LogP contribution in [0.25, 0.3) is 0 Å². The highest BCUT2D eigenvalue weighted by Crippen LogP contribution is 2.14. The summed E-state index contributed by atoms with van der Waals surface area (Å²) in [6, 6.07) is 0. The minimum Gasteiger partial charge on any atom is -0.381 e. The van der Waals surface area contributed by atoms with Crippen LogP contribution in [0.2, 0.25) is 0 Å². The van der Waals surface area contributed by atoms with Gasteiger partial charge in [-0.1, -0.05) is 129 Å². The third-order valence-electron chi connectivity index (χ3n) is 5.14. The maximum Gasteiger partial charge on any atom is 0.0466 e. The largest absolute Gasteiger partial charge is 0.381 e. The third-order valence-corrected chi connectivity index (χ3v) is 5.14. The van der Waals surface area contributed by atoms with Crippen molar-refractivity contribution in [3.05, 3.63) is 6.92 Å². The lowest BCUT2D eigenvalue weighted by Gasteiger charge is -2.04. The van der Waals surface area contributed by atoms with Crippen LogP contribution in [0.4, 0.5) is 0 Å². The summed E-state index contributed by atoms with van der Waals surface area (Å²) in [5.41, 5.74) is 0. The molecule has 25 heavy (non-hydrogen) atoms. The van der Waals surface area contributed by atoms with E-state index < -0.39 is 0 Å². The average Bonchev–Trinajstić information content (AvgIpc) is 2.63. The van der Waals surface area contributed by atoms with E-state index in [1.54, 1.807) is 0 Å². The Balaban J connectivity index is 2.94. The van der Waals surface area contributed by atoms with Crippen molar-refractivity contribution in [1.82, 2.24) is 0 Å². The molecule has 0 saturated carbocycles. The first-order valence-corrected chi connectivity index (χ1v) is 11.8. The zero-order valence-corrected chi connectivity index (χ0v) is 17.7. The molecule has 0 aliphatic rings. The molecule has 0 spiro atoms. The number of hydrogen-bond donors (Lipinski definition) is 0. The van der Waals surface area contributed by atoms with Gasteiger partial charge in [0.2, 0.25) is 0 Å². The van der Waals surface area contributed by atoms with Crippen LogP contribution < -0.4 is 0 Å². The second-order valence-corrected chi connectivity index (χ2v) is 7.83. The number of ether oxygens (including phenoxy) is 1. The summed E-state index contributed by atoms with van der Waals surface area (Å²) < 4.78 is 5.51. The number of hydrogen-bond acceptors (Lipinski definition) is 1. The Hall–Kier alpha value is -0.0400. The molecular weight excluding hydrogens is 304 g/mol. The van der Waals surface area contributed by atoms with E-state index in [1.165, 1.54) is 116 Å². The highest BCUT2D eigenvalue weighted by molar-refractivity contribution is 4.51. The van der Waals surface area contributed by atoms with Crippen molar-refractivity contribution in [2.45, 2.75) is 135 Å². The predicted molar refractivity (Wildman–Crippen MR) is 114 cm³/mol. The van der Waals surface area contributed by atoms with Crippen molar-refractivity contribution < 1.29 is 4.74 Å². The molecule has 0 fully saturated rings. The van der Waals surface area contributed by atoms with Crippen molar-refractivity contribution in [1.29, 1.82) is 0 Å². The molecule has 0 rings (SSSR count). The Morgan fingerprint density at radius 1 is 0.440 bits per heavy atom. The topological polar surface area (TPSA) is 9.23 Å². The quantitative estimate of drug-likeness (QED) is 0.177. The molecule has 0 atom stereocenters. The summed E-state index contributed by atoms with van der Waals surface area (Å²) in [7, 11) is 0. The fourth-order valence-electron chi connectivity index (χ4n) is 3.46. The summed E-state index contributed by atoms with van der Waals surface area (Å²) >= 11 is 0. The van der Waals surface area contributed by atoms with Crippen LogP contribution >= 0.6 is 0 Å². The van der Waals surface area contributed by atoms with E-state index in [1.807, 2.05) is 0 Å². The van der Waals surface area contributed by atoms with Crippen molar-refractivity contribution in [3.8, 4) is 0 Å². The Labute approximate surface area is 160 Å². The zero-order valence-electron chi connectivity index (χ0n) is 17.7. The molecule has 1 radical (unpaired) electrons. The summed E-state index contributed by atoms with van der Waals surface area (Å²) in [4.78, 5) is 0. The van der Waals surface area contributed by atoms with Gasteiger partial charge in [0.1, 0.15) is 0 Å². The van der Waals surface area contributed by atoms with Gasteiger partial charge in [0.25, 0.3) is 0 Å². The van der Waals surface area contributed by atoms with Crippen LogP contribution in [-0.4, -0.2) is 13.2 Å². The Morgan fingerprint density at radius 3 is 1.08 bits per heavy atom. The highest BCUT2D eigenvalue weighted by atomic mass is 16.5. The molecule has 0 heterocycles. The summed E-state index contributed by atoms with van der Waals surface area (Å²) in [6.07, 6.45) is 28.0. The van der Waals surface area contributed by atoms with Gasteiger partial charge in [0.05, 0.1) is 0 Å². The first-order valence-electron chi connectivity index (χ1n) is 11.8. The minimum atomic E-state index is 0.942. The standard InChI is InChI=1S/C24H49O/c1-3-5-6-7-8-9-10-11-12-13-14-15-16-17-18-19-20-21-22-24-25-23-4-2/h1,3-24H2,2H3. The second kappa shape index (κ2) is 24.0. The molecule has 0 bridgehead atoms. The molecule has 0 saturated heterocycles. The van der Waals surface area contributed by atoms with E-state index in [0.29, 0.717) is 0 Å². The molecule has 0 N–H and O–H groups in total. The summed E-state index contributed by atoms with van der Waals surface area (Å²) in [5.74, 6) is 0. The van der Waals surface area contributed by atoms with Gasteiger partial charge in [0, 0.05) is 13.2 Å². The number of rotatable bonds is 22. The van der Waals surface area contributed by atoms with Gasteiger partial charge in [-0.05, 0) is 12.8 Å². The fraction of sp³-hybridized carbons (Fsp3) is 0.958. The molecular formula is C24H49O. The molecule has 0 aromatic rings. The van der Waals surface area contributed by atoms with Crippen LogP contribution in [-0.2, 0) is 4.74 Å². The summed E-state index contributed by atoms with van der Waals surface area (Å²) in [5, 5.41) is 0. The Morgan fingerprint density at radius 2 is 0.760 bits per heavy atom. The lowest BCUT2D eigenvalue weighted by Crippen LogP contribution is -1.95. The van der Waals surface area contributed by atoms with Crippen LogP contribution in [0.5, 0.6) is 0 Å². The van der Waals surface area contributed by atoms with Gasteiger partial charge in [-0.15, -0.1) is 0 Å². The highest BCUT2D eigenvalue weighted by Gasteiger charge is 1.95. The minimum absolute atomic E-state index is 0.942. The van der Waals surface area contributed by atoms with Gasteiger partial charge in [-0.25, -0.2) is 0 Å². The second-order valence-electron chi connectivity index (χ2n) is 7.83. The molecule has 1 heteroatoms. The van der Waals surface area contributed by atoms with Crippen molar-refractivity contribution in [3.63, 3.8) is 0 Å². The normalized spacial score (nSPS) is 11.3. The van der Waals surface area contributed by atoms with Crippen molar-refractivity contribution in [2.24, 2.45) is 0 Å². The van der Waals surface area contributed by atoms with Gasteiger partial charge in [-0.3, -0.25) is 0 Å². The molecule has 151 valence electrons. The van der Waals surface area contributed by atoms with E-state index in [-0.39, 0.29) is 0 Å². The van der Waals surface area contributed by atoms with Crippen LogP contribution in [0.15, 0.2) is 0 Å². The van der Waals surface area contributed by atoms with Crippen LogP contribution in [0.1, 0.15) is 135 Å². The fourth-order valence-corrected chi connectivity index (χ4v) is 3.46. The SMILES string of the molecule is [CH2]CCCCCCCCCCCCCCCCCCCCOCCC. The van der Waals surface area contributed by atoms with E-state index in [2.05, 4.69) is 13.8 Å². The van der Waals surface area contributed by atoms with Gasteiger partial charge < -0.3 is 4.74 Å². The lowest BCUT2D eigenvalue weighted by molar-refractivity contribution is 0.130. The van der Waals surface area contributed by atoms with E-state index >= 15 is 0 Å².